The molecule has 1 aromatic rings. The van der Waals surface area contributed by atoms with E-state index in [4.69, 9.17) is 21.6 Å². The summed E-state index contributed by atoms with van der Waals surface area (Å²) < 4.78 is 5.29. The van der Waals surface area contributed by atoms with Gasteiger partial charge in [0.1, 0.15) is 11.3 Å². The van der Waals surface area contributed by atoms with Crippen LogP contribution in [-0.2, 0) is 0 Å². The molecule has 1 rings (SSSR count). The number of nitriles is 1. The molecule has 0 amide bonds. The van der Waals surface area contributed by atoms with E-state index in [2.05, 4.69) is 11.4 Å². The third kappa shape index (κ3) is 2.80. The number of methoxy groups -OCH3 is 1. The van der Waals surface area contributed by atoms with Gasteiger partial charge in [0.25, 0.3) is 0 Å². The molecule has 0 aliphatic rings. The first-order valence-corrected chi connectivity index (χ1v) is 5.31. The molecule has 0 radical (unpaired) electrons. The highest BCUT2D eigenvalue weighted by atomic mass is 35.5. The van der Waals surface area contributed by atoms with Crippen molar-refractivity contribution < 1.29 is 4.74 Å². The van der Waals surface area contributed by atoms with E-state index in [1.807, 2.05) is 13.0 Å². The average molecular weight is 239 g/mol. The van der Waals surface area contributed by atoms with Crippen molar-refractivity contribution in [3.8, 4) is 11.8 Å². The molecule has 0 saturated carbocycles. The molecule has 4 heteroatoms. The second kappa shape index (κ2) is 4.63. The first kappa shape index (κ1) is 12.7. The predicted octanol–water partition coefficient (Wildman–Crippen LogP) is 3.37. The molecule has 0 aliphatic heterocycles. The summed E-state index contributed by atoms with van der Waals surface area (Å²) in [6.45, 7) is 5.50. The SMILES string of the molecule is COc1c(C)cc(Cl)cc1NC(C)(C)C#N. The Labute approximate surface area is 101 Å². The molecule has 0 unspecified atom stereocenters. The first-order chi connectivity index (χ1) is 7.39. The van der Waals surface area contributed by atoms with Crippen molar-refractivity contribution in [1.29, 1.82) is 5.26 Å². The zero-order chi connectivity index (χ0) is 12.3. The Morgan fingerprint density at radius 2 is 2.06 bits per heavy atom. The Bertz CT molecular complexity index is 435. The summed E-state index contributed by atoms with van der Waals surface area (Å²) in [6.07, 6.45) is 0. The topological polar surface area (TPSA) is 45.0 Å². The van der Waals surface area contributed by atoms with Crippen LogP contribution in [0.5, 0.6) is 5.75 Å². The maximum atomic E-state index is 8.97. The smallest absolute Gasteiger partial charge is 0.144 e. The lowest BCUT2D eigenvalue weighted by Crippen LogP contribution is -2.28. The van der Waals surface area contributed by atoms with Crippen LogP contribution in [-0.4, -0.2) is 12.6 Å². The third-order valence-electron chi connectivity index (χ3n) is 2.17. The number of aryl methyl sites for hydroxylation is 1. The molecule has 0 fully saturated rings. The summed E-state index contributed by atoms with van der Waals surface area (Å²) >= 11 is 5.97. The van der Waals surface area contributed by atoms with Crippen LogP contribution < -0.4 is 10.1 Å². The van der Waals surface area contributed by atoms with E-state index in [0.29, 0.717) is 10.8 Å². The number of nitrogens with zero attached hydrogens (tertiary/aromatic N) is 1. The van der Waals surface area contributed by atoms with Crippen molar-refractivity contribution in [3.63, 3.8) is 0 Å². The Kier molecular flexibility index (Phi) is 3.66. The number of ether oxygens (including phenoxy) is 1. The number of hydrogen-bond donors (Lipinski definition) is 1. The molecule has 0 bridgehead atoms. The fourth-order valence-corrected chi connectivity index (χ4v) is 1.73. The van der Waals surface area contributed by atoms with Crippen molar-refractivity contribution >= 4 is 17.3 Å². The van der Waals surface area contributed by atoms with Crippen LogP contribution in [0.3, 0.4) is 0 Å². The Morgan fingerprint density at radius 3 is 2.56 bits per heavy atom. The predicted molar refractivity (Wildman–Crippen MR) is 66.1 cm³/mol. The van der Waals surface area contributed by atoms with Crippen molar-refractivity contribution in [2.45, 2.75) is 26.3 Å². The molecule has 1 aromatic carbocycles. The van der Waals surface area contributed by atoms with E-state index in [1.54, 1.807) is 27.0 Å². The summed E-state index contributed by atoms with van der Waals surface area (Å²) in [5.74, 6) is 0.715. The van der Waals surface area contributed by atoms with Gasteiger partial charge >= 0.3 is 0 Å². The van der Waals surface area contributed by atoms with Crippen LogP contribution in [0, 0.1) is 18.3 Å². The van der Waals surface area contributed by atoms with Crippen LogP contribution in [0.2, 0.25) is 5.02 Å². The van der Waals surface area contributed by atoms with Crippen LogP contribution in [0.15, 0.2) is 12.1 Å². The van der Waals surface area contributed by atoms with Gasteiger partial charge in [0.05, 0.1) is 18.9 Å². The van der Waals surface area contributed by atoms with Crippen LogP contribution >= 0.6 is 11.6 Å². The van der Waals surface area contributed by atoms with Crippen molar-refractivity contribution in [3.05, 3.63) is 22.7 Å². The number of halogens is 1. The second-order valence-corrected chi connectivity index (χ2v) is 4.60. The van der Waals surface area contributed by atoms with Crippen molar-refractivity contribution in [2.24, 2.45) is 0 Å². The zero-order valence-corrected chi connectivity index (χ0v) is 10.6. The molecule has 86 valence electrons. The largest absolute Gasteiger partial charge is 0.494 e. The van der Waals surface area contributed by atoms with Crippen LogP contribution in [0.4, 0.5) is 5.69 Å². The highest BCUT2D eigenvalue weighted by molar-refractivity contribution is 6.31. The van der Waals surface area contributed by atoms with Gasteiger partial charge in [-0.2, -0.15) is 5.26 Å². The molecule has 0 atom stereocenters. The normalized spacial score (nSPS) is 10.8. The maximum absolute atomic E-state index is 8.97. The molecular formula is C12H15ClN2O. The average Bonchev–Trinajstić information content (AvgIpc) is 2.16. The minimum Gasteiger partial charge on any atom is -0.494 e. The number of hydrogen-bond acceptors (Lipinski definition) is 3. The molecule has 0 spiro atoms. The van der Waals surface area contributed by atoms with Gasteiger partial charge in [0.2, 0.25) is 0 Å². The summed E-state index contributed by atoms with van der Waals surface area (Å²) in [5.41, 5.74) is 1.01. The van der Waals surface area contributed by atoms with E-state index in [0.717, 1.165) is 11.3 Å². The number of rotatable bonds is 3. The minimum absolute atomic E-state index is 0.620. The Balaban J connectivity index is 3.18. The number of benzene rings is 1. The zero-order valence-electron chi connectivity index (χ0n) is 9.89. The summed E-state index contributed by atoms with van der Waals surface area (Å²) in [7, 11) is 1.60. The molecule has 0 aromatic heterocycles. The van der Waals surface area contributed by atoms with Gasteiger partial charge in [0.15, 0.2) is 0 Å². The highest BCUT2D eigenvalue weighted by Crippen LogP contribution is 2.33. The summed E-state index contributed by atoms with van der Waals surface area (Å²) in [4.78, 5) is 0. The lowest BCUT2D eigenvalue weighted by atomic mass is 10.1. The van der Waals surface area contributed by atoms with Gasteiger partial charge in [-0.05, 0) is 38.5 Å². The monoisotopic (exact) mass is 238 g/mol. The summed E-state index contributed by atoms with van der Waals surface area (Å²) in [5, 5.41) is 12.7. The van der Waals surface area contributed by atoms with E-state index in [-0.39, 0.29) is 0 Å². The van der Waals surface area contributed by atoms with Crippen molar-refractivity contribution in [2.75, 3.05) is 12.4 Å². The van der Waals surface area contributed by atoms with Crippen molar-refractivity contribution in [1.82, 2.24) is 0 Å². The standard InChI is InChI=1S/C12H15ClN2O/c1-8-5-9(13)6-10(11(8)16-4)15-12(2,3)7-14/h5-6,15H,1-4H3. The molecule has 0 aliphatic carbocycles. The van der Waals surface area contributed by atoms with Gasteiger partial charge in [-0.1, -0.05) is 11.6 Å². The number of anilines is 1. The Morgan fingerprint density at radius 1 is 1.44 bits per heavy atom. The third-order valence-corrected chi connectivity index (χ3v) is 2.39. The lowest BCUT2D eigenvalue weighted by Gasteiger charge is -2.22. The van der Waals surface area contributed by atoms with E-state index in [1.165, 1.54) is 0 Å². The van der Waals surface area contributed by atoms with Gasteiger partial charge < -0.3 is 10.1 Å². The quantitative estimate of drug-likeness (QED) is 0.878. The molecule has 3 nitrogen and oxygen atoms in total. The second-order valence-electron chi connectivity index (χ2n) is 4.17. The number of nitrogens with one attached hydrogen (secondary N) is 1. The molecule has 0 heterocycles. The van der Waals surface area contributed by atoms with Gasteiger partial charge in [-0.25, -0.2) is 0 Å². The first-order valence-electron chi connectivity index (χ1n) is 4.93. The molecule has 16 heavy (non-hydrogen) atoms. The van der Waals surface area contributed by atoms with E-state index < -0.39 is 5.54 Å². The molecule has 1 N–H and O–H groups in total. The van der Waals surface area contributed by atoms with Gasteiger partial charge in [0, 0.05) is 5.02 Å². The van der Waals surface area contributed by atoms with Gasteiger partial charge in [-0.15, -0.1) is 0 Å². The molecule has 0 saturated heterocycles. The maximum Gasteiger partial charge on any atom is 0.144 e. The molecular weight excluding hydrogens is 224 g/mol. The van der Waals surface area contributed by atoms with E-state index in [9.17, 15) is 0 Å². The van der Waals surface area contributed by atoms with Crippen LogP contribution in [0.25, 0.3) is 0 Å². The Hall–Kier alpha value is -1.40. The van der Waals surface area contributed by atoms with E-state index >= 15 is 0 Å². The fourth-order valence-electron chi connectivity index (χ4n) is 1.46. The summed E-state index contributed by atoms with van der Waals surface area (Å²) in [6, 6.07) is 5.75. The highest BCUT2D eigenvalue weighted by Gasteiger charge is 2.19. The van der Waals surface area contributed by atoms with Crippen LogP contribution in [0.1, 0.15) is 19.4 Å². The minimum atomic E-state index is -0.662. The fraction of sp³-hybridized carbons (Fsp3) is 0.417. The van der Waals surface area contributed by atoms with Gasteiger partial charge in [-0.3, -0.25) is 0 Å². The lowest BCUT2D eigenvalue weighted by molar-refractivity contribution is 0.412.